The first-order chi connectivity index (χ1) is 18.6. The van der Waals surface area contributed by atoms with Gasteiger partial charge in [-0.2, -0.15) is 23.3 Å². The predicted molar refractivity (Wildman–Crippen MR) is 141 cm³/mol. The molecule has 0 atom stereocenters. The average Bonchev–Trinajstić information content (AvgIpc) is 3.52. The molecule has 5 rings (SSSR count). The number of amides is 1. The van der Waals surface area contributed by atoms with Gasteiger partial charge in [0.05, 0.1) is 28.3 Å². The van der Waals surface area contributed by atoms with Gasteiger partial charge in [0.25, 0.3) is 5.91 Å². The third-order valence-corrected chi connectivity index (χ3v) is 7.94. The van der Waals surface area contributed by atoms with Crippen molar-refractivity contribution in [1.82, 2.24) is 15.1 Å². The molecule has 3 aromatic rings. The van der Waals surface area contributed by atoms with E-state index in [4.69, 9.17) is 21.4 Å². The van der Waals surface area contributed by atoms with Crippen LogP contribution in [0.4, 0.5) is 13.2 Å². The molecule has 13 heteroatoms. The molecule has 2 aliphatic heterocycles. The van der Waals surface area contributed by atoms with Gasteiger partial charge in [0, 0.05) is 23.5 Å². The summed E-state index contributed by atoms with van der Waals surface area (Å²) in [7, 11) is 0. The zero-order valence-corrected chi connectivity index (χ0v) is 21.9. The van der Waals surface area contributed by atoms with E-state index < -0.39 is 23.6 Å². The number of hydrogen-bond donors (Lipinski definition) is 2. The van der Waals surface area contributed by atoms with Gasteiger partial charge < -0.3 is 14.7 Å². The number of alkyl halides is 3. The summed E-state index contributed by atoms with van der Waals surface area (Å²) in [6, 6.07) is 8.90. The molecule has 1 aromatic heterocycles. The minimum absolute atomic E-state index is 0.0139. The van der Waals surface area contributed by atoms with Gasteiger partial charge in [-0.15, -0.1) is 0 Å². The van der Waals surface area contributed by atoms with Crippen LogP contribution in [0.25, 0.3) is 16.5 Å². The fourth-order valence-corrected chi connectivity index (χ4v) is 5.87. The number of benzene rings is 2. The van der Waals surface area contributed by atoms with Crippen LogP contribution in [0.1, 0.15) is 29.5 Å². The maximum absolute atomic E-state index is 13.9. The third-order valence-electron chi connectivity index (χ3n) is 6.55. The minimum Gasteiger partial charge on any atom is -0.480 e. The Morgan fingerprint density at radius 1 is 1.21 bits per heavy atom. The first-order valence-corrected chi connectivity index (χ1v) is 13.2. The molecule has 8 nitrogen and oxygen atoms in total. The number of nitrogens with one attached hydrogen (secondary N) is 1. The highest BCUT2D eigenvalue weighted by atomic mass is 35.5. The zero-order valence-electron chi connectivity index (χ0n) is 20.3. The number of nitrogens with zero attached hydrogens (tertiary/aromatic N) is 3. The smallest absolute Gasteiger partial charge is 0.416 e. The van der Waals surface area contributed by atoms with Crippen molar-refractivity contribution in [2.24, 2.45) is 4.99 Å². The molecule has 204 valence electrons. The van der Waals surface area contributed by atoms with E-state index >= 15 is 0 Å². The molecule has 1 amide bonds. The number of rotatable bonds is 6. The molecule has 3 heterocycles. The SMILES string of the molecule is O=C(O)COC1CCN(C2=NC(=O)C(=C(Cc3ccc(Cl)cc3C(F)(F)F)c3ccc4[nH]ncc4c3)S2)CC1. The molecule has 2 N–H and O–H groups in total. The van der Waals surface area contributed by atoms with Crippen LogP contribution in [0.3, 0.4) is 0 Å². The molecule has 39 heavy (non-hydrogen) atoms. The molecule has 0 unspecified atom stereocenters. The number of carbonyl (C=O) groups excluding carboxylic acids is 1. The Balaban J connectivity index is 1.47. The highest BCUT2D eigenvalue weighted by Gasteiger charge is 2.36. The Bertz CT molecular complexity index is 1500. The number of likely N-dealkylation sites (tertiary alicyclic amines) is 1. The first-order valence-electron chi connectivity index (χ1n) is 12.0. The Morgan fingerprint density at radius 2 is 1.97 bits per heavy atom. The van der Waals surface area contributed by atoms with Gasteiger partial charge in [0.2, 0.25) is 0 Å². The molecule has 0 spiro atoms. The van der Waals surface area contributed by atoms with Gasteiger partial charge >= 0.3 is 12.1 Å². The largest absolute Gasteiger partial charge is 0.480 e. The lowest BCUT2D eigenvalue weighted by atomic mass is 9.93. The van der Waals surface area contributed by atoms with Crippen molar-refractivity contribution in [3.8, 4) is 0 Å². The Morgan fingerprint density at radius 3 is 2.69 bits per heavy atom. The van der Waals surface area contributed by atoms with Gasteiger partial charge in [0.1, 0.15) is 6.61 Å². The van der Waals surface area contributed by atoms with E-state index in [1.54, 1.807) is 24.4 Å². The number of carbonyl (C=O) groups is 2. The fourth-order valence-electron chi connectivity index (χ4n) is 4.63. The highest BCUT2D eigenvalue weighted by Crippen LogP contribution is 2.41. The number of amidine groups is 1. The normalized spacial score (nSPS) is 18.1. The summed E-state index contributed by atoms with van der Waals surface area (Å²) in [5.41, 5.74) is 0.873. The maximum Gasteiger partial charge on any atom is 0.416 e. The number of aromatic nitrogens is 2. The molecule has 1 fully saturated rings. The lowest BCUT2D eigenvalue weighted by Crippen LogP contribution is -2.39. The summed E-state index contributed by atoms with van der Waals surface area (Å²) in [6.45, 7) is 0.630. The first kappa shape index (κ1) is 27.2. The van der Waals surface area contributed by atoms with Crippen LogP contribution in [-0.2, 0) is 26.9 Å². The van der Waals surface area contributed by atoms with Crippen LogP contribution in [0.5, 0.6) is 0 Å². The predicted octanol–water partition coefficient (Wildman–Crippen LogP) is 5.38. The maximum atomic E-state index is 13.9. The Labute approximate surface area is 229 Å². The zero-order chi connectivity index (χ0) is 27.7. The Kier molecular flexibility index (Phi) is 7.70. The van der Waals surface area contributed by atoms with E-state index in [0.29, 0.717) is 42.2 Å². The van der Waals surface area contributed by atoms with Crippen LogP contribution in [-0.4, -0.2) is 63.0 Å². The van der Waals surface area contributed by atoms with Crippen molar-refractivity contribution < 1.29 is 32.6 Å². The van der Waals surface area contributed by atoms with Crippen molar-refractivity contribution in [3.05, 3.63) is 69.2 Å². The summed E-state index contributed by atoms with van der Waals surface area (Å²) in [6.07, 6.45) is -2.29. The van der Waals surface area contributed by atoms with Crippen LogP contribution in [0.2, 0.25) is 5.02 Å². The number of carboxylic acids is 1. The number of aromatic amines is 1. The molecule has 0 bridgehead atoms. The van der Waals surface area contributed by atoms with Crippen molar-refractivity contribution in [3.63, 3.8) is 0 Å². The summed E-state index contributed by atoms with van der Waals surface area (Å²) < 4.78 is 47.1. The lowest BCUT2D eigenvalue weighted by Gasteiger charge is -2.32. The van der Waals surface area contributed by atoms with E-state index in [9.17, 15) is 22.8 Å². The summed E-state index contributed by atoms with van der Waals surface area (Å²) >= 11 is 7.02. The molecule has 0 radical (unpaired) electrons. The Hall–Kier alpha value is -3.35. The van der Waals surface area contributed by atoms with Crippen molar-refractivity contribution in [2.75, 3.05) is 19.7 Å². The molecular formula is C26H22ClF3N4O4S. The minimum atomic E-state index is -4.63. The molecule has 1 saturated heterocycles. The molecular weight excluding hydrogens is 557 g/mol. The van der Waals surface area contributed by atoms with E-state index in [1.165, 1.54) is 12.1 Å². The van der Waals surface area contributed by atoms with Gasteiger partial charge in [-0.3, -0.25) is 9.89 Å². The summed E-state index contributed by atoms with van der Waals surface area (Å²) in [5, 5.41) is 16.8. The second-order valence-electron chi connectivity index (χ2n) is 9.15. The second kappa shape index (κ2) is 11.0. The van der Waals surface area contributed by atoms with Crippen molar-refractivity contribution in [1.29, 1.82) is 0 Å². The number of halogens is 4. The number of aliphatic carboxylic acids is 1. The number of H-pyrrole nitrogens is 1. The van der Waals surface area contributed by atoms with E-state index in [0.717, 1.165) is 28.7 Å². The highest BCUT2D eigenvalue weighted by molar-refractivity contribution is 8.18. The lowest BCUT2D eigenvalue weighted by molar-refractivity contribution is -0.145. The van der Waals surface area contributed by atoms with Crippen molar-refractivity contribution in [2.45, 2.75) is 31.5 Å². The topological polar surface area (TPSA) is 108 Å². The summed E-state index contributed by atoms with van der Waals surface area (Å²) in [5.74, 6) is -1.56. The van der Waals surface area contributed by atoms with Crippen LogP contribution < -0.4 is 0 Å². The monoisotopic (exact) mass is 578 g/mol. The molecule has 0 saturated carbocycles. The van der Waals surface area contributed by atoms with Crippen LogP contribution in [0.15, 0.2) is 52.5 Å². The summed E-state index contributed by atoms with van der Waals surface area (Å²) in [4.78, 5) is 30.3. The van der Waals surface area contributed by atoms with Gasteiger partial charge in [-0.25, -0.2) is 4.79 Å². The van der Waals surface area contributed by atoms with E-state index in [-0.39, 0.29) is 34.6 Å². The number of aliphatic imine (C=N–C) groups is 1. The third kappa shape index (κ3) is 6.13. The van der Waals surface area contributed by atoms with Crippen LogP contribution in [0, 0.1) is 0 Å². The van der Waals surface area contributed by atoms with Crippen LogP contribution >= 0.6 is 23.4 Å². The number of fused-ring (bicyclic) bond motifs is 1. The van der Waals surface area contributed by atoms with Gasteiger partial charge in [0.15, 0.2) is 5.17 Å². The number of carboxylic acid groups (broad SMARTS) is 1. The number of thioether (sulfide) groups is 1. The van der Waals surface area contributed by atoms with Gasteiger partial charge in [-0.05, 0) is 72.0 Å². The number of piperidine rings is 1. The number of allylic oxidation sites excluding steroid dienone is 1. The van der Waals surface area contributed by atoms with Gasteiger partial charge in [-0.1, -0.05) is 23.7 Å². The van der Waals surface area contributed by atoms with E-state index in [1.807, 2.05) is 4.90 Å². The van der Waals surface area contributed by atoms with E-state index in [2.05, 4.69) is 15.2 Å². The standard InChI is InChI=1S/C26H22ClF3N4O4S/c27-17-3-1-15(20(11-17)26(28,29)30)10-19(14-2-4-21-16(9-14)12-31-33-21)23-24(37)32-25(39-23)34-7-5-18(6-8-34)38-13-22(35)36/h1-4,9,11-12,18H,5-8,10,13H2,(H,31,33)(H,35,36). The van der Waals surface area contributed by atoms with Crippen molar-refractivity contribution >= 4 is 56.9 Å². The number of hydrogen-bond acceptors (Lipinski definition) is 6. The fraction of sp³-hybridized carbons (Fsp3) is 0.308. The average molecular weight is 579 g/mol. The molecule has 0 aliphatic carbocycles. The number of ether oxygens (including phenoxy) is 1. The quantitative estimate of drug-likeness (QED) is 0.378. The molecule has 2 aromatic carbocycles. The second-order valence-corrected chi connectivity index (χ2v) is 10.6. The molecule has 2 aliphatic rings.